The molecule has 142 valence electrons. The lowest BCUT2D eigenvalue weighted by Crippen LogP contribution is -2.54. The second-order valence-electron chi connectivity index (χ2n) is 5.67. The van der Waals surface area contributed by atoms with Gasteiger partial charge in [0.2, 0.25) is 0 Å². The van der Waals surface area contributed by atoms with Crippen LogP contribution in [0.3, 0.4) is 0 Å². The minimum Gasteiger partial charge on any atom is -0.465 e. The zero-order chi connectivity index (χ0) is 20.4. The average Bonchev–Trinajstić information content (AvgIpc) is 2.66. The van der Waals surface area contributed by atoms with Crippen molar-refractivity contribution in [2.45, 2.75) is 0 Å². The van der Waals surface area contributed by atoms with Gasteiger partial charge in [0.05, 0.1) is 23.4 Å². The first kappa shape index (κ1) is 20.0. The maximum absolute atomic E-state index is 13.0. The molecule has 6 nitrogen and oxygen atoms in total. The normalized spacial score (nSPS) is 15.6. The van der Waals surface area contributed by atoms with Crippen molar-refractivity contribution < 1.29 is 19.1 Å². The molecule has 9 heteroatoms. The van der Waals surface area contributed by atoms with Crippen LogP contribution in [0.5, 0.6) is 0 Å². The Morgan fingerprint density at radius 2 is 1.82 bits per heavy atom. The molecular formula is C19H12Cl2N2O4S. The van der Waals surface area contributed by atoms with Crippen LogP contribution in [-0.4, -0.2) is 30.0 Å². The molecule has 2 amide bonds. The lowest BCUT2D eigenvalue weighted by Gasteiger charge is -2.29. The number of ether oxygens (including phenoxy) is 1. The van der Waals surface area contributed by atoms with Crippen molar-refractivity contribution in [1.29, 1.82) is 0 Å². The molecule has 0 unspecified atom stereocenters. The van der Waals surface area contributed by atoms with E-state index in [0.29, 0.717) is 21.8 Å². The predicted molar refractivity (Wildman–Crippen MR) is 110 cm³/mol. The van der Waals surface area contributed by atoms with Crippen molar-refractivity contribution in [3.63, 3.8) is 0 Å². The standard InChI is InChI=1S/C19H12Cl2N2O4S/c1-27-18(26)11-4-2-10(3-5-11)8-13-16(24)22-19(28)23(17(13)25)15-7-6-12(20)9-14(15)21/h2-9H,1H3,(H,22,24,28)/b13-8+. The lowest BCUT2D eigenvalue weighted by molar-refractivity contribution is -0.122. The number of carbonyl (C=O) groups is 3. The van der Waals surface area contributed by atoms with Gasteiger partial charge in [0, 0.05) is 5.02 Å². The second kappa shape index (κ2) is 8.10. The molecule has 0 bridgehead atoms. The monoisotopic (exact) mass is 434 g/mol. The van der Waals surface area contributed by atoms with Gasteiger partial charge in [-0.3, -0.25) is 19.8 Å². The number of carbonyl (C=O) groups excluding carboxylic acids is 3. The topological polar surface area (TPSA) is 75.7 Å². The molecule has 1 aliphatic heterocycles. The molecular weight excluding hydrogens is 423 g/mol. The summed E-state index contributed by atoms with van der Waals surface area (Å²) in [4.78, 5) is 37.9. The Morgan fingerprint density at radius 1 is 1.14 bits per heavy atom. The minimum absolute atomic E-state index is 0.0857. The highest BCUT2D eigenvalue weighted by atomic mass is 35.5. The van der Waals surface area contributed by atoms with Gasteiger partial charge in [0.25, 0.3) is 11.8 Å². The third-order valence-electron chi connectivity index (χ3n) is 3.90. The number of thiocarbonyl (C=S) groups is 1. The van der Waals surface area contributed by atoms with Gasteiger partial charge < -0.3 is 4.74 Å². The fourth-order valence-corrected chi connectivity index (χ4v) is 3.31. The van der Waals surface area contributed by atoms with Crippen LogP contribution in [0, 0.1) is 0 Å². The first-order chi connectivity index (χ1) is 13.3. The van der Waals surface area contributed by atoms with Crippen molar-refractivity contribution >= 4 is 70.1 Å². The summed E-state index contributed by atoms with van der Waals surface area (Å²) >= 11 is 17.2. The molecule has 1 heterocycles. The van der Waals surface area contributed by atoms with Gasteiger partial charge in [-0.05, 0) is 54.2 Å². The summed E-state index contributed by atoms with van der Waals surface area (Å²) in [5.41, 5.74) is 1.05. The molecule has 0 atom stereocenters. The Morgan fingerprint density at radius 3 is 2.43 bits per heavy atom. The second-order valence-corrected chi connectivity index (χ2v) is 6.90. The molecule has 1 fully saturated rings. The van der Waals surface area contributed by atoms with E-state index in [9.17, 15) is 14.4 Å². The third kappa shape index (κ3) is 3.91. The zero-order valence-corrected chi connectivity index (χ0v) is 16.7. The Bertz CT molecular complexity index is 1030. The molecule has 1 saturated heterocycles. The van der Waals surface area contributed by atoms with Gasteiger partial charge in [0.15, 0.2) is 5.11 Å². The third-order valence-corrected chi connectivity index (χ3v) is 4.72. The van der Waals surface area contributed by atoms with E-state index >= 15 is 0 Å². The number of hydrogen-bond donors (Lipinski definition) is 1. The van der Waals surface area contributed by atoms with Gasteiger partial charge in [0.1, 0.15) is 5.57 Å². The van der Waals surface area contributed by atoms with Crippen LogP contribution >= 0.6 is 35.4 Å². The minimum atomic E-state index is -0.631. The van der Waals surface area contributed by atoms with E-state index < -0.39 is 17.8 Å². The molecule has 0 radical (unpaired) electrons. The number of esters is 1. The highest BCUT2D eigenvalue weighted by molar-refractivity contribution is 7.80. The Hall–Kier alpha value is -2.74. The molecule has 2 aromatic rings. The first-order valence-electron chi connectivity index (χ1n) is 7.86. The molecule has 0 aliphatic carbocycles. The van der Waals surface area contributed by atoms with Gasteiger partial charge in [-0.2, -0.15) is 0 Å². The van der Waals surface area contributed by atoms with Crippen LogP contribution in [-0.2, 0) is 14.3 Å². The summed E-state index contributed by atoms with van der Waals surface area (Å²) in [6, 6.07) is 10.8. The predicted octanol–water partition coefficient (Wildman–Crippen LogP) is 3.61. The van der Waals surface area contributed by atoms with Gasteiger partial charge in [-0.1, -0.05) is 35.3 Å². The SMILES string of the molecule is COC(=O)c1ccc(/C=C2\C(=O)NC(=S)N(c3ccc(Cl)cc3Cl)C2=O)cc1. The van der Waals surface area contributed by atoms with Crippen LogP contribution < -0.4 is 10.2 Å². The summed E-state index contributed by atoms with van der Waals surface area (Å²) in [5.74, 6) is -1.75. The molecule has 2 aromatic carbocycles. The number of hydrogen-bond acceptors (Lipinski definition) is 5. The molecule has 0 aromatic heterocycles. The van der Waals surface area contributed by atoms with Crippen molar-refractivity contribution in [3.05, 3.63) is 69.2 Å². The summed E-state index contributed by atoms with van der Waals surface area (Å²) in [7, 11) is 1.28. The number of nitrogens with one attached hydrogen (secondary N) is 1. The fraction of sp³-hybridized carbons (Fsp3) is 0.0526. The van der Waals surface area contributed by atoms with E-state index in [1.165, 1.54) is 37.5 Å². The Kier molecular flexibility index (Phi) is 5.79. The van der Waals surface area contributed by atoms with Gasteiger partial charge in [-0.25, -0.2) is 4.79 Å². The first-order valence-corrected chi connectivity index (χ1v) is 9.03. The number of nitrogens with zero attached hydrogens (tertiary/aromatic N) is 1. The van der Waals surface area contributed by atoms with Gasteiger partial charge >= 0.3 is 5.97 Å². The van der Waals surface area contributed by atoms with Crippen LogP contribution in [0.2, 0.25) is 10.0 Å². The van der Waals surface area contributed by atoms with Crippen molar-refractivity contribution in [2.75, 3.05) is 12.0 Å². The number of halogens is 2. The molecule has 0 saturated carbocycles. The quantitative estimate of drug-likeness (QED) is 0.345. The zero-order valence-electron chi connectivity index (χ0n) is 14.4. The van der Waals surface area contributed by atoms with Crippen molar-refractivity contribution in [2.24, 2.45) is 0 Å². The summed E-state index contributed by atoms with van der Waals surface area (Å²) < 4.78 is 4.64. The number of methoxy groups -OCH3 is 1. The Balaban J connectivity index is 1.97. The summed E-state index contributed by atoms with van der Waals surface area (Å²) in [5, 5.41) is 2.99. The summed E-state index contributed by atoms with van der Waals surface area (Å²) in [6.45, 7) is 0. The van der Waals surface area contributed by atoms with Crippen LogP contribution in [0.1, 0.15) is 15.9 Å². The smallest absolute Gasteiger partial charge is 0.337 e. The maximum atomic E-state index is 13.0. The number of amides is 2. The van der Waals surface area contributed by atoms with E-state index in [2.05, 4.69) is 10.1 Å². The molecule has 1 N–H and O–H groups in total. The van der Waals surface area contributed by atoms with Crippen LogP contribution in [0.15, 0.2) is 48.0 Å². The van der Waals surface area contributed by atoms with Crippen LogP contribution in [0.4, 0.5) is 5.69 Å². The highest BCUT2D eigenvalue weighted by Crippen LogP contribution is 2.31. The molecule has 1 aliphatic rings. The largest absolute Gasteiger partial charge is 0.465 e. The van der Waals surface area contributed by atoms with E-state index in [4.69, 9.17) is 35.4 Å². The van der Waals surface area contributed by atoms with E-state index in [1.54, 1.807) is 18.2 Å². The lowest BCUT2D eigenvalue weighted by atomic mass is 10.1. The molecule has 3 rings (SSSR count). The van der Waals surface area contributed by atoms with E-state index in [0.717, 1.165) is 4.90 Å². The number of anilines is 1. The fourth-order valence-electron chi connectivity index (χ4n) is 2.54. The highest BCUT2D eigenvalue weighted by Gasteiger charge is 2.35. The number of rotatable bonds is 3. The van der Waals surface area contributed by atoms with Crippen molar-refractivity contribution in [1.82, 2.24) is 5.32 Å². The average molecular weight is 435 g/mol. The van der Waals surface area contributed by atoms with E-state index in [1.807, 2.05) is 0 Å². The van der Waals surface area contributed by atoms with Crippen molar-refractivity contribution in [3.8, 4) is 0 Å². The molecule has 28 heavy (non-hydrogen) atoms. The molecule has 0 spiro atoms. The van der Waals surface area contributed by atoms with Gasteiger partial charge in [-0.15, -0.1) is 0 Å². The van der Waals surface area contributed by atoms with Crippen LogP contribution in [0.25, 0.3) is 6.08 Å². The van der Waals surface area contributed by atoms with E-state index in [-0.39, 0.29) is 15.7 Å². The number of benzene rings is 2. The Labute approximate surface area is 175 Å². The summed E-state index contributed by atoms with van der Waals surface area (Å²) in [6.07, 6.45) is 1.40. The maximum Gasteiger partial charge on any atom is 0.337 e.